The second kappa shape index (κ2) is 8.25. The predicted octanol–water partition coefficient (Wildman–Crippen LogP) is 5.24. The third-order valence-electron chi connectivity index (χ3n) is 4.50. The Bertz CT molecular complexity index is 1150. The van der Waals surface area contributed by atoms with E-state index >= 15 is 0 Å². The minimum absolute atomic E-state index is 0.0984. The van der Waals surface area contributed by atoms with Crippen LogP contribution in [0.1, 0.15) is 27.0 Å². The molecule has 0 radical (unpaired) electrons. The smallest absolute Gasteiger partial charge is 0.372 e. The fourth-order valence-electron chi connectivity index (χ4n) is 2.95. The molecule has 0 aliphatic rings. The van der Waals surface area contributed by atoms with Crippen molar-refractivity contribution in [2.24, 2.45) is 0 Å². The number of nitrogens with one attached hydrogen (secondary N) is 2. The van der Waals surface area contributed by atoms with Crippen LogP contribution in [0.4, 0.5) is 24.7 Å². The number of anilines is 2. The predicted molar refractivity (Wildman–Crippen MR) is 108 cm³/mol. The van der Waals surface area contributed by atoms with Gasteiger partial charge in [-0.1, -0.05) is 12.1 Å². The van der Waals surface area contributed by atoms with Gasteiger partial charge in [-0.25, -0.2) is 4.98 Å². The van der Waals surface area contributed by atoms with Crippen molar-refractivity contribution in [1.82, 2.24) is 4.98 Å². The number of benzene rings is 2. The fourth-order valence-corrected chi connectivity index (χ4v) is 2.95. The zero-order valence-corrected chi connectivity index (χ0v) is 16.1. The van der Waals surface area contributed by atoms with E-state index in [1.165, 1.54) is 12.1 Å². The van der Waals surface area contributed by atoms with Crippen molar-refractivity contribution in [1.29, 1.82) is 5.26 Å². The number of aryl methyl sites for hydroxylation is 1. The van der Waals surface area contributed by atoms with Crippen molar-refractivity contribution in [2.45, 2.75) is 13.1 Å². The van der Waals surface area contributed by atoms with Gasteiger partial charge in [0, 0.05) is 30.1 Å². The number of hydrogen-bond donors (Lipinski definition) is 2. The summed E-state index contributed by atoms with van der Waals surface area (Å²) in [6.45, 7) is 1.87. The van der Waals surface area contributed by atoms with Crippen molar-refractivity contribution in [2.75, 3.05) is 17.7 Å². The normalized spacial score (nSPS) is 10.9. The lowest BCUT2D eigenvalue weighted by atomic mass is 10.00. The Morgan fingerprint density at radius 2 is 1.90 bits per heavy atom. The van der Waals surface area contributed by atoms with Crippen LogP contribution in [0.3, 0.4) is 0 Å². The first-order chi connectivity index (χ1) is 14.2. The number of hydrogen-bond acceptors (Lipinski definition) is 4. The average molecular weight is 410 g/mol. The van der Waals surface area contributed by atoms with Gasteiger partial charge in [0.05, 0.1) is 11.1 Å². The fraction of sp³-hybridized carbons (Fsp3) is 0.136. The Morgan fingerprint density at radius 3 is 2.57 bits per heavy atom. The molecule has 0 saturated heterocycles. The standard InChI is InChI=1S/C22H17F3N4O/c1-13-6-7-18(10-19(13)16-8-15(11-26)20(27-2)28-12-16)29-21(30)14-4-3-5-17(9-14)22(23,24)25/h3-10,12H,1-2H3,(H,27,28)(H,29,30). The van der Waals surface area contributed by atoms with E-state index < -0.39 is 17.6 Å². The molecule has 1 heterocycles. The number of halogens is 3. The molecule has 0 unspecified atom stereocenters. The van der Waals surface area contributed by atoms with Crippen molar-refractivity contribution in [3.05, 3.63) is 77.0 Å². The summed E-state index contributed by atoms with van der Waals surface area (Å²) in [6, 6.07) is 13.1. The molecule has 0 aliphatic carbocycles. The third-order valence-corrected chi connectivity index (χ3v) is 4.50. The van der Waals surface area contributed by atoms with Crippen molar-refractivity contribution < 1.29 is 18.0 Å². The zero-order valence-electron chi connectivity index (χ0n) is 16.1. The highest BCUT2D eigenvalue weighted by Gasteiger charge is 2.30. The van der Waals surface area contributed by atoms with Crippen molar-refractivity contribution in [3.8, 4) is 17.2 Å². The molecule has 5 nitrogen and oxygen atoms in total. The second-order valence-electron chi connectivity index (χ2n) is 6.54. The topological polar surface area (TPSA) is 77.8 Å². The molecule has 3 aromatic rings. The number of carbonyl (C=O) groups is 1. The maximum absolute atomic E-state index is 12.9. The Hall–Kier alpha value is -3.86. The summed E-state index contributed by atoms with van der Waals surface area (Å²) in [6.07, 6.45) is -2.92. The number of rotatable bonds is 4. The average Bonchev–Trinajstić information content (AvgIpc) is 2.74. The molecule has 30 heavy (non-hydrogen) atoms. The largest absolute Gasteiger partial charge is 0.416 e. The van der Waals surface area contributed by atoms with Gasteiger partial charge >= 0.3 is 6.18 Å². The summed E-state index contributed by atoms with van der Waals surface area (Å²) < 4.78 is 38.7. The van der Waals surface area contributed by atoms with Gasteiger partial charge in [-0.3, -0.25) is 4.79 Å². The second-order valence-corrected chi connectivity index (χ2v) is 6.54. The first kappa shape index (κ1) is 20.9. The highest BCUT2D eigenvalue weighted by atomic mass is 19.4. The molecule has 0 saturated carbocycles. The Labute approximate surface area is 171 Å². The third kappa shape index (κ3) is 4.41. The van der Waals surface area contributed by atoms with E-state index in [-0.39, 0.29) is 5.56 Å². The van der Waals surface area contributed by atoms with E-state index in [0.29, 0.717) is 22.6 Å². The molecule has 0 spiro atoms. The molecule has 0 atom stereocenters. The first-order valence-electron chi connectivity index (χ1n) is 8.90. The lowest BCUT2D eigenvalue weighted by molar-refractivity contribution is -0.137. The number of pyridine rings is 1. The van der Waals surface area contributed by atoms with E-state index in [9.17, 15) is 23.2 Å². The molecule has 0 fully saturated rings. The van der Waals surface area contributed by atoms with Gasteiger partial charge in [-0.15, -0.1) is 0 Å². The molecule has 0 aliphatic heterocycles. The number of alkyl halides is 3. The highest BCUT2D eigenvalue weighted by molar-refractivity contribution is 6.04. The Balaban J connectivity index is 1.91. The lowest BCUT2D eigenvalue weighted by Crippen LogP contribution is -2.14. The summed E-state index contributed by atoms with van der Waals surface area (Å²) in [5.74, 6) is -0.204. The molecule has 1 amide bonds. The van der Waals surface area contributed by atoms with Crippen molar-refractivity contribution >= 4 is 17.4 Å². The molecule has 2 N–H and O–H groups in total. The van der Waals surface area contributed by atoms with E-state index in [1.54, 1.807) is 37.5 Å². The molecule has 3 rings (SSSR count). The number of aromatic nitrogens is 1. The summed E-state index contributed by atoms with van der Waals surface area (Å²) in [5, 5.41) is 14.8. The van der Waals surface area contributed by atoms with Crippen LogP contribution in [-0.4, -0.2) is 17.9 Å². The van der Waals surface area contributed by atoms with Gasteiger partial charge in [0.1, 0.15) is 11.9 Å². The summed E-state index contributed by atoms with van der Waals surface area (Å²) in [5.41, 5.74) is 2.09. The number of nitrogens with zero attached hydrogens (tertiary/aromatic N) is 2. The minimum atomic E-state index is -4.53. The maximum atomic E-state index is 12.9. The zero-order chi connectivity index (χ0) is 21.9. The van der Waals surface area contributed by atoms with E-state index in [4.69, 9.17) is 0 Å². The molecule has 1 aromatic heterocycles. The first-order valence-corrected chi connectivity index (χ1v) is 8.90. The lowest BCUT2D eigenvalue weighted by Gasteiger charge is -2.12. The summed E-state index contributed by atoms with van der Waals surface area (Å²) in [4.78, 5) is 16.7. The highest BCUT2D eigenvalue weighted by Crippen LogP contribution is 2.31. The van der Waals surface area contributed by atoms with Gasteiger partial charge in [-0.05, 0) is 54.4 Å². The van der Waals surface area contributed by atoms with Crippen LogP contribution < -0.4 is 10.6 Å². The quantitative estimate of drug-likeness (QED) is 0.617. The van der Waals surface area contributed by atoms with Gasteiger partial charge in [0.15, 0.2) is 0 Å². The van der Waals surface area contributed by atoms with Gasteiger partial charge in [-0.2, -0.15) is 18.4 Å². The molecular formula is C22H17F3N4O. The maximum Gasteiger partial charge on any atom is 0.416 e. The monoisotopic (exact) mass is 410 g/mol. The molecule has 8 heteroatoms. The summed E-state index contributed by atoms with van der Waals surface area (Å²) in [7, 11) is 1.66. The van der Waals surface area contributed by atoms with Gasteiger partial charge < -0.3 is 10.6 Å². The Kier molecular flexibility index (Phi) is 5.74. The SMILES string of the molecule is CNc1ncc(-c2cc(NC(=O)c3cccc(C(F)(F)F)c3)ccc2C)cc1C#N. The molecule has 0 bridgehead atoms. The molecule has 2 aromatic carbocycles. The summed E-state index contributed by atoms with van der Waals surface area (Å²) >= 11 is 0. The van der Waals surface area contributed by atoms with Crippen LogP contribution in [0.15, 0.2) is 54.7 Å². The number of carbonyl (C=O) groups excluding carboxylic acids is 1. The van der Waals surface area contributed by atoms with E-state index in [0.717, 1.165) is 23.3 Å². The van der Waals surface area contributed by atoms with E-state index in [2.05, 4.69) is 21.7 Å². The van der Waals surface area contributed by atoms with Crippen LogP contribution in [0.5, 0.6) is 0 Å². The van der Waals surface area contributed by atoms with Crippen LogP contribution >= 0.6 is 0 Å². The minimum Gasteiger partial charge on any atom is -0.372 e. The van der Waals surface area contributed by atoms with E-state index in [1.807, 2.05) is 6.92 Å². The molecule has 152 valence electrons. The van der Waals surface area contributed by atoms with Crippen LogP contribution in [0.2, 0.25) is 0 Å². The Morgan fingerprint density at radius 1 is 1.13 bits per heavy atom. The van der Waals surface area contributed by atoms with Gasteiger partial charge in [0.25, 0.3) is 5.91 Å². The van der Waals surface area contributed by atoms with Crippen LogP contribution in [0.25, 0.3) is 11.1 Å². The number of nitriles is 1. The van der Waals surface area contributed by atoms with Gasteiger partial charge in [0.2, 0.25) is 0 Å². The van der Waals surface area contributed by atoms with Crippen LogP contribution in [-0.2, 0) is 6.18 Å². The van der Waals surface area contributed by atoms with Crippen LogP contribution in [0, 0.1) is 18.3 Å². The number of amides is 1. The molecular weight excluding hydrogens is 393 g/mol. The van der Waals surface area contributed by atoms with Crippen molar-refractivity contribution in [3.63, 3.8) is 0 Å².